The van der Waals surface area contributed by atoms with Gasteiger partial charge in [0.15, 0.2) is 0 Å². The summed E-state index contributed by atoms with van der Waals surface area (Å²) in [5.74, 6) is -0.298. The summed E-state index contributed by atoms with van der Waals surface area (Å²) < 4.78 is 0.640. The van der Waals surface area contributed by atoms with Gasteiger partial charge in [-0.15, -0.1) is 0 Å². The molecule has 86 valence electrons. The van der Waals surface area contributed by atoms with Gasteiger partial charge in [0.05, 0.1) is 6.10 Å². The van der Waals surface area contributed by atoms with Gasteiger partial charge in [-0.1, -0.05) is 18.9 Å². The zero-order chi connectivity index (χ0) is 11.4. The smallest absolute Gasteiger partial charge is 0.270 e. The van der Waals surface area contributed by atoms with E-state index < -0.39 is 0 Å². The van der Waals surface area contributed by atoms with Gasteiger partial charge < -0.3 is 0 Å². The first-order valence-corrected chi connectivity index (χ1v) is 6.13. The van der Waals surface area contributed by atoms with Crippen molar-refractivity contribution in [3.05, 3.63) is 28.5 Å². The summed E-state index contributed by atoms with van der Waals surface area (Å²) in [5.41, 5.74) is 2.80. The van der Waals surface area contributed by atoms with Crippen molar-refractivity contribution >= 4 is 21.8 Å². The van der Waals surface area contributed by atoms with Gasteiger partial charge in [0.2, 0.25) is 0 Å². The Kier molecular flexibility index (Phi) is 3.90. The largest absolute Gasteiger partial charge is 0.293 e. The molecule has 1 fully saturated rings. The van der Waals surface area contributed by atoms with Crippen molar-refractivity contribution in [2.75, 3.05) is 0 Å². The van der Waals surface area contributed by atoms with Crippen LogP contribution in [0.15, 0.2) is 22.8 Å². The van der Waals surface area contributed by atoms with Crippen molar-refractivity contribution < 1.29 is 9.63 Å². The van der Waals surface area contributed by atoms with Crippen LogP contribution in [0, 0.1) is 0 Å². The average molecular weight is 285 g/mol. The highest BCUT2D eigenvalue weighted by Crippen LogP contribution is 2.19. The Morgan fingerprint density at radius 2 is 2.19 bits per heavy atom. The molecule has 0 aromatic carbocycles. The lowest BCUT2D eigenvalue weighted by molar-refractivity contribution is -0.0127. The second-order valence-corrected chi connectivity index (χ2v) is 4.61. The molecule has 0 spiro atoms. The van der Waals surface area contributed by atoms with E-state index in [1.807, 2.05) is 0 Å². The highest BCUT2D eigenvalue weighted by Gasteiger charge is 2.17. The molecule has 1 aromatic heterocycles. The van der Waals surface area contributed by atoms with Gasteiger partial charge in [-0.25, -0.2) is 10.5 Å². The molecule has 2 rings (SSSR count). The number of hydrogen-bond donors (Lipinski definition) is 1. The molecule has 0 radical (unpaired) electrons. The van der Waals surface area contributed by atoms with Crippen LogP contribution in [-0.4, -0.2) is 17.0 Å². The fourth-order valence-corrected chi connectivity index (χ4v) is 2.07. The summed E-state index contributed by atoms with van der Waals surface area (Å²) in [7, 11) is 0. The van der Waals surface area contributed by atoms with E-state index in [0.717, 1.165) is 12.8 Å². The third kappa shape index (κ3) is 3.02. The number of amides is 1. The van der Waals surface area contributed by atoms with Crippen LogP contribution in [0.2, 0.25) is 0 Å². The van der Waals surface area contributed by atoms with E-state index in [0.29, 0.717) is 10.3 Å². The van der Waals surface area contributed by atoms with E-state index in [1.165, 1.54) is 12.8 Å². The number of rotatable bonds is 3. The molecule has 0 bridgehead atoms. The van der Waals surface area contributed by atoms with Gasteiger partial charge >= 0.3 is 0 Å². The minimum Gasteiger partial charge on any atom is -0.270 e. The molecule has 1 aliphatic rings. The molecule has 0 aliphatic heterocycles. The van der Waals surface area contributed by atoms with E-state index in [-0.39, 0.29) is 12.0 Å². The fraction of sp³-hybridized carbons (Fsp3) is 0.455. The van der Waals surface area contributed by atoms with E-state index in [4.69, 9.17) is 4.84 Å². The monoisotopic (exact) mass is 284 g/mol. The predicted molar refractivity (Wildman–Crippen MR) is 62.7 cm³/mol. The van der Waals surface area contributed by atoms with Gasteiger partial charge in [0, 0.05) is 0 Å². The number of nitrogens with one attached hydrogen (secondary N) is 1. The molecular weight excluding hydrogens is 272 g/mol. The maximum atomic E-state index is 11.6. The molecule has 4 nitrogen and oxygen atoms in total. The highest BCUT2D eigenvalue weighted by molar-refractivity contribution is 9.10. The quantitative estimate of drug-likeness (QED) is 0.685. The molecule has 1 heterocycles. The Morgan fingerprint density at radius 3 is 2.88 bits per heavy atom. The Balaban J connectivity index is 1.87. The summed E-state index contributed by atoms with van der Waals surface area (Å²) in [6.07, 6.45) is 4.56. The molecule has 1 amide bonds. The summed E-state index contributed by atoms with van der Waals surface area (Å²) in [4.78, 5) is 21.0. The summed E-state index contributed by atoms with van der Waals surface area (Å²) in [5, 5.41) is 0. The Hall–Kier alpha value is -0.940. The van der Waals surface area contributed by atoms with E-state index in [2.05, 4.69) is 26.4 Å². The summed E-state index contributed by atoms with van der Waals surface area (Å²) in [6, 6.07) is 5.19. The van der Waals surface area contributed by atoms with Gasteiger partial charge in [-0.2, -0.15) is 0 Å². The van der Waals surface area contributed by atoms with Crippen LogP contribution in [0.4, 0.5) is 0 Å². The average Bonchev–Trinajstić information content (AvgIpc) is 2.78. The lowest BCUT2D eigenvalue weighted by Gasteiger charge is -2.10. The Bertz CT molecular complexity index is 378. The number of carbonyl (C=O) groups is 1. The number of nitrogens with zero attached hydrogens (tertiary/aromatic N) is 1. The highest BCUT2D eigenvalue weighted by atomic mass is 79.9. The van der Waals surface area contributed by atoms with Crippen LogP contribution < -0.4 is 5.48 Å². The van der Waals surface area contributed by atoms with Crippen molar-refractivity contribution in [1.29, 1.82) is 0 Å². The number of hydroxylamine groups is 1. The van der Waals surface area contributed by atoms with Crippen molar-refractivity contribution in [2.24, 2.45) is 0 Å². The first-order valence-electron chi connectivity index (χ1n) is 5.34. The van der Waals surface area contributed by atoms with Crippen LogP contribution >= 0.6 is 15.9 Å². The number of halogens is 1. The van der Waals surface area contributed by atoms with Crippen molar-refractivity contribution in [3.8, 4) is 0 Å². The molecule has 16 heavy (non-hydrogen) atoms. The molecule has 1 N–H and O–H groups in total. The van der Waals surface area contributed by atoms with E-state index in [1.54, 1.807) is 18.2 Å². The molecule has 1 aliphatic carbocycles. The third-order valence-electron chi connectivity index (χ3n) is 2.57. The molecule has 1 aromatic rings. The fourth-order valence-electron chi connectivity index (χ4n) is 1.73. The number of pyridine rings is 1. The lowest BCUT2D eigenvalue weighted by Crippen LogP contribution is -2.28. The maximum Gasteiger partial charge on any atom is 0.293 e. The Morgan fingerprint density at radius 1 is 1.44 bits per heavy atom. The van der Waals surface area contributed by atoms with Crippen LogP contribution in [0.25, 0.3) is 0 Å². The van der Waals surface area contributed by atoms with Crippen molar-refractivity contribution in [3.63, 3.8) is 0 Å². The lowest BCUT2D eigenvalue weighted by atomic mass is 10.3. The first-order chi connectivity index (χ1) is 7.75. The van der Waals surface area contributed by atoms with Crippen molar-refractivity contribution in [2.45, 2.75) is 31.8 Å². The van der Waals surface area contributed by atoms with Gasteiger partial charge in [-0.3, -0.25) is 9.63 Å². The zero-order valence-corrected chi connectivity index (χ0v) is 10.4. The number of aromatic nitrogens is 1. The normalized spacial score (nSPS) is 16.3. The SMILES string of the molecule is O=C(NOC1CCCC1)c1cccc(Br)n1. The van der Waals surface area contributed by atoms with Gasteiger partial charge in [-0.05, 0) is 40.9 Å². The second-order valence-electron chi connectivity index (χ2n) is 3.80. The second kappa shape index (κ2) is 5.41. The number of carbonyl (C=O) groups excluding carboxylic acids is 1. The molecule has 0 saturated heterocycles. The van der Waals surface area contributed by atoms with Gasteiger partial charge in [0.1, 0.15) is 10.3 Å². The van der Waals surface area contributed by atoms with Crippen LogP contribution in [-0.2, 0) is 4.84 Å². The van der Waals surface area contributed by atoms with Crippen LogP contribution in [0.5, 0.6) is 0 Å². The van der Waals surface area contributed by atoms with Crippen molar-refractivity contribution in [1.82, 2.24) is 10.5 Å². The topological polar surface area (TPSA) is 51.2 Å². The zero-order valence-electron chi connectivity index (χ0n) is 8.78. The van der Waals surface area contributed by atoms with E-state index in [9.17, 15) is 4.79 Å². The van der Waals surface area contributed by atoms with Crippen LogP contribution in [0.3, 0.4) is 0 Å². The van der Waals surface area contributed by atoms with Crippen LogP contribution in [0.1, 0.15) is 36.2 Å². The Labute approximate surface area is 102 Å². The molecule has 0 unspecified atom stereocenters. The first kappa shape index (κ1) is 11.5. The maximum absolute atomic E-state index is 11.6. The minimum atomic E-state index is -0.298. The minimum absolute atomic E-state index is 0.163. The molecule has 1 saturated carbocycles. The summed E-state index contributed by atoms with van der Waals surface area (Å²) >= 11 is 3.22. The standard InChI is InChI=1S/C11H13BrN2O2/c12-10-7-3-6-9(13-10)11(15)14-16-8-4-1-2-5-8/h3,6-8H,1-2,4-5H2,(H,14,15). The summed E-state index contributed by atoms with van der Waals surface area (Å²) in [6.45, 7) is 0. The third-order valence-corrected chi connectivity index (χ3v) is 3.01. The van der Waals surface area contributed by atoms with Gasteiger partial charge in [0.25, 0.3) is 5.91 Å². The number of hydrogen-bond acceptors (Lipinski definition) is 3. The molecule has 0 atom stereocenters. The molecular formula is C11H13BrN2O2. The molecule has 5 heteroatoms. The van der Waals surface area contributed by atoms with E-state index >= 15 is 0 Å². The predicted octanol–water partition coefficient (Wildman–Crippen LogP) is 2.45.